The molecule has 0 aromatic rings. The van der Waals surface area contributed by atoms with Crippen molar-refractivity contribution in [3.05, 3.63) is 10.4 Å². The first-order valence-electron chi connectivity index (χ1n) is 3.48. The average Bonchev–Trinajstić information content (AvgIpc) is 1.96. The van der Waals surface area contributed by atoms with Gasteiger partial charge in [-0.05, 0) is 10.9 Å². The largest absolute Gasteiger partial charge is 0.294 e. The van der Waals surface area contributed by atoms with E-state index in [1.165, 1.54) is 0 Å². The fourth-order valence-electron chi connectivity index (χ4n) is 0.750. The molecule has 1 unspecified atom stereocenters. The van der Waals surface area contributed by atoms with Gasteiger partial charge in [-0.15, -0.1) is 0 Å². The second kappa shape index (κ2) is 3.94. The normalized spacial score (nSPS) is 13.0. The van der Waals surface area contributed by atoms with Gasteiger partial charge in [-0.2, -0.15) is 0 Å². The summed E-state index contributed by atoms with van der Waals surface area (Å²) in [6.45, 7) is 5.38. The van der Waals surface area contributed by atoms with Gasteiger partial charge in [-0.25, -0.2) is 5.84 Å². The third-order valence-electron chi connectivity index (χ3n) is 1.38. The van der Waals surface area contributed by atoms with E-state index in [1.54, 1.807) is 20.8 Å². The second-order valence-corrected chi connectivity index (χ2v) is 3.48. The summed E-state index contributed by atoms with van der Waals surface area (Å²) >= 11 is 0. The molecule has 0 fully saturated rings. The maximum absolute atomic E-state index is 11.0. The van der Waals surface area contributed by atoms with E-state index in [9.17, 15) is 4.79 Å². The number of nitrogens with zero attached hydrogens (tertiary/aromatic N) is 3. The van der Waals surface area contributed by atoms with Crippen molar-refractivity contribution in [1.29, 1.82) is 0 Å². The zero-order valence-corrected chi connectivity index (χ0v) is 7.40. The van der Waals surface area contributed by atoms with Gasteiger partial charge < -0.3 is 0 Å². The number of hydrazine groups is 1. The summed E-state index contributed by atoms with van der Waals surface area (Å²) in [5.74, 6) is 4.45. The summed E-state index contributed by atoms with van der Waals surface area (Å²) in [6, 6.07) is -0.771. The van der Waals surface area contributed by atoms with E-state index in [2.05, 4.69) is 10.0 Å². The topological polar surface area (TPSA) is 104 Å². The SMILES string of the molecule is CC(C)(C)C(N=[N+]=[N-])C(=O)NN. The van der Waals surface area contributed by atoms with Crippen molar-refractivity contribution >= 4 is 5.91 Å². The number of azide groups is 1. The predicted octanol–water partition coefficient (Wildman–Crippen LogP) is 0.701. The molecule has 3 N–H and O–H groups in total. The molecule has 0 bridgehead atoms. The average molecular weight is 171 g/mol. The molecule has 0 aliphatic carbocycles. The lowest BCUT2D eigenvalue weighted by molar-refractivity contribution is -0.124. The Bertz CT molecular complexity index is 212. The quantitative estimate of drug-likeness (QED) is 0.159. The fraction of sp³-hybridized carbons (Fsp3) is 0.833. The van der Waals surface area contributed by atoms with Crippen LogP contribution in [-0.2, 0) is 4.79 Å². The van der Waals surface area contributed by atoms with Crippen LogP contribution in [0.1, 0.15) is 20.8 Å². The summed E-state index contributed by atoms with van der Waals surface area (Å²) in [4.78, 5) is 13.6. The van der Waals surface area contributed by atoms with E-state index >= 15 is 0 Å². The summed E-state index contributed by atoms with van der Waals surface area (Å²) < 4.78 is 0. The molecule has 68 valence electrons. The van der Waals surface area contributed by atoms with Gasteiger partial charge in [-0.3, -0.25) is 10.2 Å². The monoisotopic (exact) mass is 171 g/mol. The maximum Gasteiger partial charge on any atom is 0.243 e. The minimum absolute atomic E-state index is 0.421. The van der Waals surface area contributed by atoms with Crippen molar-refractivity contribution in [3.8, 4) is 0 Å². The van der Waals surface area contributed by atoms with E-state index in [-0.39, 0.29) is 0 Å². The molecular formula is C6H13N5O. The number of hydrogen-bond acceptors (Lipinski definition) is 3. The van der Waals surface area contributed by atoms with Gasteiger partial charge in [0.25, 0.3) is 0 Å². The Balaban J connectivity index is 4.67. The number of nitrogens with two attached hydrogens (primary N) is 1. The highest BCUT2D eigenvalue weighted by Gasteiger charge is 2.29. The maximum atomic E-state index is 11.0. The Morgan fingerprint density at radius 3 is 2.42 bits per heavy atom. The highest BCUT2D eigenvalue weighted by atomic mass is 16.2. The lowest BCUT2D eigenvalue weighted by atomic mass is 9.87. The highest BCUT2D eigenvalue weighted by molar-refractivity contribution is 5.82. The van der Waals surface area contributed by atoms with E-state index in [1.807, 2.05) is 5.43 Å². The summed E-state index contributed by atoms with van der Waals surface area (Å²) in [6.07, 6.45) is 0. The van der Waals surface area contributed by atoms with E-state index in [0.29, 0.717) is 0 Å². The number of rotatable bonds is 2. The fourth-order valence-corrected chi connectivity index (χ4v) is 0.750. The summed E-state index contributed by atoms with van der Waals surface area (Å²) in [7, 11) is 0. The Labute approximate surface area is 70.7 Å². The molecule has 0 aliphatic rings. The molecule has 0 spiro atoms. The Morgan fingerprint density at radius 2 is 2.17 bits per heavy atom. The van der Waals surface area contributed by atoms with E-state index in [4.69, 9.17) is 11.4 Å². The first-order valence-corrected chi connectivity index (χ1v) is 3.48. The lowest BCUT2D eigenvalue weighted by Gasteiger charge is -2.24. The van der Waals surface area contributed by atoms with Crippen LogP contribution in [0.3, 0.4) is 0 Å². The molecule has 12 heavy (non-hydrogen) atoms. The van der Waals surface area contributed by atoms with Crippen LogP contribution in [0.2, 0.25) is 0 Å². The third-order valence-corrected chi connectivity index (χ3v) is 1.38. The van der Waals surface area contributed by atoms with Gasteiger partial charge in [0.2, 0.25) is 5.91 Å². The van der Waals surface area contributed by atoms with Crippen molar-refractivity contribution in [2.75, 3.05) is 0 Å². The van der Waals surface area contributed by atoms with Crippen molar-refractivity contribution in [2.24, 2.45) is 16.4 Å². The summed E-state index contributed by atoms with van der Waals surface area (Å²) in [5, 5.41) is 3.35. The van der Waals surface area contributed by atoms with Gasteiger partial charge in [0, 0.05) is 4.91 Å². The van der Waals surface area contributed by atoms with Crippen molar-refractivity contribution in [2.45, 2.75) is 26.8 Å². The molecule has 1 amide bonds. The molecule has 0 saturated carbocycles. The van der Waals surface area contributed by atoms with Crippen LogP contribution < -0.4 is 11.3 Å². The van der Waals surface area contributed by atoms with Gasteiger partial charge >= 0.3 is 0 Å². The first-order chi connectivity index (χ1) is 5.43. The number of carbonyl (C=O) groups is 1. The van der Waals surface area contributed by atoms with Crippen LogP contribution in [0.5, 0.6) is 0 Å². The molecule has 0 saturated heterocycles. The highest BCUT2D eigenvalue weighted by Crippen LogP contribution is 2.22. The van der Waals surface area contributed by atoms with Gasteiger partial charge in [-0.1, -0.05) is 25.9 Å². The Hall–Kier alpha value is -1.26. The zero-order valence-electron chi connectivity index (χ0n) is 7.40. The molecule has 0 aromatic heterocycles. The number of nitrogens with one attached hydrogen (secondary N) is 1. The Morgan fingerprint density at radius 1 is 1.67 bits per heavy atom. The molecule has 0 aromatic carbocycles. The van der Waals surface area contributed by atoms with Crippen molar-refractivity contribution in [1.82, 2.24) is 5.43 Å². The van der Waals surface area contributed by atoms with Crippen molar-refractivity contribution in [3.63, 3.8) is 0 Å². The molecule has 0 radical (unpaired) electrons. The Kier molecular flexibility index (Phi) is 3.53. The minimum atomic E-state index is -0.771. The van der Waals surface area contributed by atoms with E-state index in [0.717, 1.165) is 0 Å². The number of amides is 1. The van der Waals surface area contributed by atoms with Gasteiger partial charge in [0.05, 0.1) is 0 Å². The molecule has 6 heteroatoms. The number of hydrogen-bond donors (Lipinski definition) is 2. The van der Waals surface area contributed by atoms with Crippen molar-refractivity contribution < 1.29 is 4.79 Å². The van der Waals surface area contributed by atoms with E-state index < -0.39 is 17.4 Å². The number of carbonyl (C=O) groups excluding carboxylic acids is 1. The third kappa shape index (κ3) is 2.77. The predicted molar refractivity (Wildman–Crippen MR) is 44.7 cm³/mol. The smallest absolute Gasteiger partial charge is 0.243 e. The molecular weight excluding hydrogens is 158 g/mol. The molecule has 0 heterocycles. The van der Waals surface area contributed by atoms with Crippen LogP contribution >= 0.6 is 0 Å². The standard InChI is InChI=1S/C6H13N5O/c1-6(2,3)4(10-11-8)5(12)9-7/h4H,7H2,1-3H3,(H,9,12). The van der Waals surface area contributed by atoms with Gasteiger partial charge in [0.1, 0.15) is 6.04 Å². The summed E-state index contributed by atoms with van der Waals surface area (Å²) in [5.41, 5.74) is 9.71. The van der Waals surface area contributed by atoms with Crippen LogP contribution in [0, 0.1) is 5.41 Å². The minimum Gasteiger partial charge on any atom is -0.294 e. The second-order valence-electron chi connectivity index (χ2n) is 3.48. The van der Waals surface area contributed by atoms with Crippen LogP contribution in [0.4, 0.5) is 0 Å². The van der Waals surface area contributed by atoms with Gasteiger partial charge in [0.15, 0.2) is 0 Å². The molecule has 6 nitrogen and oxygen atoms in total. The lowest BCUT2D eigenvalue weighted by Crippen LogP contribution is -2.44. The molecule has 1 atom stereocenters. The van der Waals surface area contributed by atoms with Crippen LogP contribution in [0.15, 0.2) is 5.11 Å². The van der Waals surface area contributed by atoms with Crippen LogP contribution in [-0.4, -0.2) is 11.9 Å². The first kappa shape index (κ1) is 10.7. The molecule has 0 aliphatic heterocycles. The zero-order chi connectivity index (χ0) is 9.78. The molecule has 0 rings (SSSR count). The van der Waals surface area contributed by atoms with Crippen LogP contribution in [0.25, 0.3) is 10.4 Å².